The van der Waals surface area contributed by atoms with E-state index in [0.717, 1.165) is 62.2 Å². The number of rotatable bonds is 9. The number of halogens is 1. The lowest BCUT2D eigenvalue weighted by Crippen LogP contribution is -2.44. The number of nitrogens with zero attached hydrogens (tertiary/aromatic N) is 5. The molecule has 1 saturated heterocycles. The first-order chi connectivity index (χ1) is 16.0. The number of imidazole rings is 1. The quantitative estimate of drug-likeness (QED) is 0.381. The Kier molecular flexibility index (Phi) is 7.69. The molecule has 0 amide bonds. The Morgan fingerprint density at radius 2 is 1.76 bits per heavy atom. The van der Waals surface area contributed by atoms with Gasteiger partial charge in [0, 0.05) is 43.3 Å². The van der Waals surface area contributed by atoms with Crippen LogP contribution in [-0.2, 0) is 6.54 Å². The highest BCUT2D eigenvalue weighted by molar-refractivity contribution is 6.30. The Hall–Kier alpha value is -2.81. The van der Waals surface area contributed by atoms with Gasteiger partial charge < -0.3 is 19.3 Å². The molecule has 0 atom stereocenters. The number of aromatic hydroxyl groups is 1. The van der Waals surface area contributed by atoms with Crippen molar-refractivity contribution in [1.82, 2.24) is 19.0 Å². The molecule has 1 aliphatic heterocycles. The molecule has 0 spiro atoms. The number of piperazine rings is 1. The summed E-state index contributed by atoms with van der Waals surface area (Å²) in [7, 11) is 2.16. The maximum atomic E-state index is 12.6. The Bertz CT molecular complexity index is 1120. The van der Waals surface area contributed by atoms with Gasteiger partial charge in [0.25, 0.3) is 0 Å². The molecule has 1 fully saturated rings. The second-order valence-corrected chi connectivity index (χ2v) is 8.86. The number of hydrogen-bond donors (Lipinski definition) is 1. The molecule has 33 heavy (non-hydrogen) atoms. The van der Waals surface area contributed by atoms with Gasteiger partial charge in [0.2, 0.25) is 5.88 Å². The molecule has 0 bridgehead atoms. The standard InChI is InChI=1S/C24H30ClN5O3/c1-27-13-15-28(16-14-27)11-3-2-4-12-29-23(31)18-30(24(29)32)26-17-21-9-10-22(33-21)19-5-7-20(25)8-6-19/h5-10,17-18,31H,2-4,11-16H2,1H3. The summed E-state index contributed by atoms with van der Waals surface area (Å²) in [5.74, 6) is 1.10. The van der Waals surface area contributed by atoms with Crippen molar-refractivity contribution in [3.63, 3.8) is 0 Å². The minimum atomic E-state index is -0.368. The molecule has 3 heterocycles. The van der Waals surface area contributed by atoms with Gasteiger partial charge in [0.15, 0.2) is 0 Å². The summed E-state index contributed by atoms with van der Waals surface area (Å²) in [6.07, 6.45) is 5.71. The van der Waals surface area contributed by atoms with Gasteiger partial charge in [-0.15, -0.1) is 0 Å². The van der Waals surface area contributed by atoms with Gasteiger partial charge >= 0.3 is 5.69 Å². The Labute approximate surface area is 198 Å². The molecule has 0 aliphatic carbocycles. The Morgan fingerprint density at radius 3 is 2.52 bits per heavy atom. The summed E-state index contributed by atoms with van der Waals surface area (Å²) in [6.45, 7) is 6.04. The Balaban J connectivity index is 1.29. The van der Waals surface area contributed by atoms with Crippen LogP contribution in [0.3, 0.4) is 0 Å². The summed E-state index contributed by atoms with van der Waals surface area (Å²) in [5, 5.41) is 15.0. The van der Waals surface area contributed by atoms with Crippen molar-refractivity contribution in [3.8, 4) is 17.2 Å². The van der Waals surface area contributed by atoms with Crippen LogP contribution in [0.15, 0.2) is 56.9 Å². The zero-order chi connectivity index (χ0) is 23.2. The maximum Gasteiger partial charge on any atom is 0.351 e. The molecular weight excluding hydrogens is 442 g/mol. The predicted molar refractivity (Wildman–Crippen MR) is 130 cm³/mol. The molecule has 8 nitrogen and oxygen atoms in total. The molecular formula is C24H30ClN5O3. The zero-order valence-corrected chi connectivity index (χ0v) is 19.6. The molecule has 1 N–H and O–H groups in total. The summed E-state index contributed by atoms with van der Waals surface area (Å²) < 4.78 is 8.26. The fourth-order valence-electron chi connectivity index (χ4n) is 3.91. The lowest BCUT2D eigenvalue weighted by atomic mass is 10.2. The predicted octanol–water partition coefficient (Wildman–Crippen LogP) is 3.57. The van der Waals surface area contributed by atoms with Crippen LogP contribution in [0.5, 0.6) is 5.88 Å². The molecule has 0 unspecified atom stereocenters. The SMILES string of the molecule is CN1CCN(CCCCCn2c(O)cn(N=Cc3ccc(-c4ccc(Cl)cc4)o3)c2=O)CC1. The third kappa shape index (κ3) is 6.16. The van der Waals surface area contributed by atoms with Crippen LogP contribution < -0.4 is 5.69 Å². The summed E-state index contributed by atoms with van der Waals surface area (Å²) in [4.78, 5) is 17.4. The first-order valence-corrected chi connectivity index (χ1v) is 11.7. The van der Waals surface area contributed by atoms with Gasteiger partial charge in [-0.2, -0.15) is 9.78 Å². The second-order valence-electron chi connectivity index (χ2n) is 8.43. The topological polar surface area (TPSA) is 79.1 Å². The van der Waals surface area contributed by atoms with E-state index in [2.05, 4.69) is 21.9 Å². The molecule has 2 aromatic heterocycles. The zero-order valence-electron chi connectivity index (χ0n) is 18.9. The minimum absolute atomic E-state index is 0.0856. The van der Waals surface area contributed by atoms with E-state index < -0.39 is 0 Å². The van der Waals surface area contributed by atoms with Crippen LogP contribution in [0.25, 0.3) is 11.3 Å². The van der Waals surface area contributed by atoms with Crippen LogP contribution in [0.2, 0.25) is 5.02 Å². The van der Waals surface area contributed by atoms with Crippen LogP contribution in [-0.4, -0.2) is 70.1 Å². The number of likely N-dealkylation sites (N-methyl/N-ethyl adjacent to an activating group) is 1. The lowest BCUT2D eigenvalue weighted by molar-refractivity contribution is 0.152. The van der Waals surface area contributed by atoms with E-state index in [9.17, 15) is 9.90 Å². The number of hydrogen-bond acceptors (Lipinski definition) is 6. The van der Waals surface area contributed by atoms with Gasteiger partial charge in [-0.05, 0) is 62.8 Å². The van der Waals surface area contributed by atoms with Crippen molar-refractivity contribution < 1.29 is 9.52 Å². The molecule has 9 heteroatoms. The molecule has 3 aromatic rings. The van der Waals surface area contributed by atoms with E-state index in [0.29, 0.717) is 23.1 Å². The monoisotopic (exact) mass is 471 g/mol. The minimum Gasteiger partial charge on any atom is -0.493 e. The number of furan rings is 1. The van der Waals surface area contributed by atoms with E-state index in [1.54, 1.807) is 18.2 Å². The third-order valence-electron chi connectivity index (χ3n) is 5.96. The fraction of sp³-hybridized carbons (Fsp3) is 0.417. The normalized spacial score (nSPS) is 15.6. The average Bonchev–Trinajstić information content (AvgIpc) is 3.39. The summed E-state index contributed by atoms with van der Waals surface area (Å²) >= 11 is 5.93. The lowest BCUT2D eigenvalue weighted by Gasteiger charge is -2.32. The van der Waals surface area contributed by atoms with Crippen molar-refractivity contribution in [2.24, 2.45) is 5.10 Å². The molecule has 176 valence electrons. The summed E-state index contributed by atoms with van der Waals surface area (Å²) in [5.41, 5.74) is 0.528. The number of unbranched alkanes of at least 4 members (excludes halogenated alkanes) is 2. The highest BCUT2D eigenvalue weighted by Gasteiger charge is 2.13. The van der Waals surface area contributed by atoms with Crippen molar-refractivity contribution in [1.29, 1.82) is 0 Å². The van der Waals surface area contributed by atoms with Crippen LogP contribution in [0, 0.1) is 0 Å². The van der Waals surface area contributed by atoms with Gasteiger partial charge in [0.05, 0.1) is 12.4 Å². The van der Waals surface area contributed by atoms with Crippen LogP contribution in [0.1, 0.15) is 25.0 Å². The van der Waals surface area contributed by atoms with Crippen LogP contribution >= 0.6 is 11.6 Å². The first kappa shape index (κ1) is 23.4. The average molecular weight is 472 g/mol. The first-order valence-electron chi connectivity index (χ1n) is 11.3. The van der Waals surface area contributed by atoms with Gasteiger partial charge in [0.1, 0.15) is 11.5 Å². The smallest absolute Gasteiger partial charge is 0.351 e. The molecule has 1 aliphatic rings. The van der Waals surface area contributed by atoms with E-state index >= 15 is 0 Å². The van der Waals surface area contributed by atoms with Crippen LogP contribution in [0.4, 0.5) is 0 Å². The highest BCUT2D eigenvalue weighted by atomic mass is 35.5. The highest BCUT2D eigenvalue weighted by Crippen LogP contribution is 2.23. The van der Waals surface area contributed by atoms with Gasteiger partial charge in [-0.3, -0.25) is 4.57 Å². The van der Waals surface area contributed by atoms with E-state index in [1.165, 1.54) is 17.0 Å². The number of benzene rings is 1. The van der Waals surface area contributed by atoms with Crippen molar-refractivity contribution >= 4 is 17.8 Å². The Morgan fingerprint density at radius 1 is 1.03 bits per heavy atom. The molecule has 0 saturated carbocycles. The van der Waals surface area contributed by atoms with Crippen molar-refractivity contribution in [3.05, 3.63) is 63.9 Å². The largest absolute Gasteiger partial charge is 0.493 e. The van der Waals surface area contributed by atoms with Gasteiger partial charge in [-0.25, -0.2) is 4.79 Å². The molecule has 0 radical (unpaired) electrons. The van der Waals surface area contributed by atoms with E-state index in [1.807, 2.05) is 18.2 Å². The maximum absolute atomic E-state index is 12.6. The third-order valence-corrected chi connectivity index (χ3v) is 6.21. The van der Waals surface area contributed by atoms with Crippen molar-refractivity contribution in [2.45, 2.75) is 25.8 Å². The van der Waals surface area contributed by atoms with E-state index in [-0.39, 0.29) is 11.6 Å². The second kappa shape index (κ2) is 10.9. The molecule has 1 aromatic carbocycles. The molecule has 4 rings (SSSR count). The fourth-order valence-corrected chi connectivity index (χ4v) is 4.04. The van der Waals surface area contributed by atoms with Crippen molar-refractivity contribution in [2.75, 3.05) is 39.8 Å². The van der Waals surface area contributed by atoms with E-state index in [4.69, 9.17) is 16.0 Å². The summed E-state index contributed by atoms with van der Waals surface area (Å²) in [6, 6.07) is 10.9. The number of aromatic nitrogens is 2. The van der Waals surface area contributed by atoms with Gasteiger partial charge in [-0.1, -0.05) is 18.0 Å².